The van der Waals surface area contributed by atoms with Crippen molar-refractivity contribution < 1.29 is 14.1 Å². The quantitative estimate of drug-likeness (QED) is 0.860. The van der Waals surface area contributed by atoms with Crippen molar-refractivity contribution in [3.63, 3.8) is 0 Å². The Morgan fingerprint density at radius 2 is 2.30 bits per heavy atom. The number of methoxy groups -OCH3 is 1. The molecule has 1 fully saturated rings. The van der Waals surface area contributed by atoms with E-state index in [4.69, 9.17) is 9.26 Å². The number of rotatable bonds is 4. The lowest BCUT2D eigenvalue weighted by Gasteiger charge is -2.28. The highest BCUT2D eigenvalue weighted by atomic mass is 16.5. The van der Waals surface area contributed by atoms with E-state index in [0.717, 1.165) is 37.3 Å². The number of aryl methyl sites for hydroxylation is 1. The Kier molecular flexibility index (Phi) is 3.65. The number of carbonyl (C=O) groups is 1. The minimum atomic E-state index is -0.0997. The zero-order valence-electron chi connectivity index (χ0n) is 13.1. The van der Waals surface area contributed by atoms with Crippen molar-refractivity contribution in [3.8, 4) is 0 Å². The third kappa shape index (κ3) is 2.76. The van der Waals surface area contributed by atoms with Gasteiger partial charge in [0.1, 0.15) is 5.76 Å². The number of ether oxygens (including phenoxy) is 1. The average molecular weight is 316 g/mol. The molecule has 122 valence electrons. The van der Waals surface area contributed by atoms with Gasteiger partial charge in [0, 0.05) is 31.8 Å². The molecule has 0 aromatic carbocycles. The van der Waals surface area contributed by atoms with Crippen molar-refractivity contribution in [2.24, 2.45) is 0 Å². The van der Waals surface area contributed by atoms with Gasteiger partial charge in [-0.05, 0) is 25.3 Å². The molecule has 3 heterocycles. The van der Waals surface area contributed by atoms with Crippen LogP contribution in [0.5, 0.6) is 0 Å². The molecule has 2 aliphatic rings. The summed E-state index contributed by atoms with van der Waals surface area (Å²) >= 11 is 0. The monoisotopic (exact) mass is 316 g/mol. The number of hydrogen-bond acceptors (Lipinski definition) is 5. The molecule has 7 nitrogen and oxygen atoms in total. The van der Waals surface area contributed by atoms with E-state index in [9.17, 15) is 4.79 Å². The summed E-state index contributed by atoms with van der Waals surface area (Å²) in [4.78, 5) is 14.8. The number of hydrogen-bond donors (Lipinski definition) is 0. The lowest BCUT2D eigenvalue weighted by atomic mass is 10.1. The predicted octanol–water partition coefficient (Wildman–Crippen LogP) is 1.81. The molecule has 1 atom stereocenters. The van der Waals surface area contributed by atoms with E-state index >= 15 is 0 Å². The summed E-state index contributed by atoms with van der Waals surface area (Å²) in [5.41, 5.74) is 1.42. The highest BCUT2D eigenvalue weighted by Gasteiger charge is 2.33. The first-order chi connectivity index (χ1) is 11.3. The number of aromatic nitrogens is 3. The highest BCUT2D eigenvalue weighted by Crippen LogP contribution is 2.40. The molecule has 1 aliphatic carbocycles. The third-order valence-electron chi connectivity index (χ3n) is 4.60. The van der Waals surface area contributed by atoms with E-state index in [-0.39, 0.29) is 11.9 Å². The zero-order valence-corrected chi connectivity index (χ0v) is 13.1. The van der Waals surface area contributed by atoms with Crippen LogP contribution in [0.3, 0.4) is 0 Å². The van der Waals surface area contributed by atoms with Crippen LogP contribution in [-0.2, 0) is 17.8 Å². The molecule has 23 heavy (non-hydrogen) atoms. The lowest BCUT2D eigenvalue weighted by molar-refractivity contribution is 0.0493. The van der Waals surface area contributed by atoms with Gasteiger partial charge in [0.2, 0.25) is 0 Å². The number of nitrogens with zero attached hydrogens (tertiary/aromatic N) is 4. The van der Waals surface area contributed by atoms with Crippen molar-refractivity contribution in [2.75, 3.05) is 13.7 Å². The summed E-state index contributed by atoms with van der Waals surface area (Å²) in [5, 5.41) is 8.31. The molecular weight excluding hydrogens is 296 g/mol. The maximum Gasteiger partial charge on any atom is 0.276 e. The average Bonchev–Trinajstić information content (AvgIpc) is 3.17. The molecule has 1 aliphatic heterocycles. The van der Waals surface area contributed by atoms with Crippen LogP contribution in [0.25, 0.3) is 0 Å². The fraction of sp³-hybridized carbons (Fsp3) is 0.562. The second-order valence-electron chi connectivity index (χ2n) is 6.27. The van der Waals surface area contributed by atoms with E-state index < -0.39 is 0 Å². The normalized spacial score (nSPS) is 21.1. The summed E-state index contributed by atoms with van der Waals surface area (Å²) in [5.74, 6) is 1.18. The Balaban J connectivity index is 1.60. The lowest BCUT2D eigenvalue weighted by Crippen LogP contribution is -2.41. The number of fused-ring (bicyclic) bond motifs is 1. The van der Waals surface area contributed by atoms with Crippen molar-refractivity contribution in [1.82, 2.24) is 19.8 Å². The van der Waals surface area contributed by atoms with Gasteiger partial charge in [-0.2, -0.15) is 5.10 Å². The molecular formula is C16H20N4O3. The second-order valence-corrected chi connectivity index (χ2v) is 6.27. The molecule has 2 aromatic heterocycles. The smallest absolute Gasteiger partial charge is 0.276 e. The van der Waals surface area contributed by atoms with Gasteiger partial charge in [-0.3, -0.25) is 9.48 Å². The summed E-state index contributed by atoms with van der Waals surface area (Å²) in [6.07, 6.45) is 4.83. The molecule has 7 heteroatoms. The topological polar surface area (TPSA) is 73.4 Å². The van der Waals surface area contributed by atoms with Crippen LogP contribution < -0.4 is 0 Å². The number of amides is 1. The Labute approximate surface area is 134 Å². The van der Waals surface area contributed by atoms with Gasteiger partial charge in [-0.25, -0.2) is 0 Å². The maximum absolute atomic E-state index is 12.9. The first kappa shape index (κ1) is 14.4. The molecule has 2 aromatic rings. The molecule has 4 rings (SSSR count). The van der Waals surface area contributed by atoms with Gasteiger partial charge in [0.05, 0.1) is 24.9 Å². The van der Waals surface area contributed by atoms with Gasteiger partial charge in [0.25, 0.3) is 5.91 Å². The van der Waals surface area contributed by atoms with Gasteiger partial charge < -0.3 is 14.2 Å². The SMILES string of the molecule is COC[C@@H]1CCn2nccc2CN1C(=O)c1cc(C2CC2)on1. The van der Waals surface area contributed by atoms with Gasteiger partial charge >= 0.3 is 0 Å². The molecule has 0 N–H and O–H groups in total. The Morgan fingerprint density at radius 3 is 3.09 bits per heavy atom. The first-order valence-corrected chi connectivity index (χ1v) is 8.03. The van der Waals surface area contributed by atoms with Crippen molar-refractivity contribution in [2.45, 2.75) is 44.3 Å². The maximum atomic E-state index is 12.9. The Morgan fingerprint density at radius 1 is 1.43 bits per heavy atom. The summed E-state index contributed by atoms with van der Waals surface area (Å²) in [7, 11) is 1.66. The van der Waals surface area contributed by atoms with Crippen molar-refractivity contribution >= 4 is 5.91 Å². The number of carbonyl (C=O) groups excluding carboxylic acids is 1. The fourth-order valence-corrected chi connectivity index (χ4v) is 3.13. The van der Waals surface area contributed by atoms with E-state index in [2.05, 4.69) is 10.3 Å². The minimum Gasteiger partial charge on any atom is -0.383 e. The Hall–Kier alpha value is -2.15. The van der Waals surface area contributed by atoms with Crippen LogP contribution in [0, 0.1) is 0 Å². The summed E-state index contributed by atoms with van der Waals surface area (Å²) in [6.45, 7) is 1.80. The zero-order chi connectivity index (χ0) is 15.8. The first-order valence-electron chi connectivity index (χ1n) is 8.03. The van der Waals surface area contributed by atoms with Crippen LogP contribution in [0.4, 0.5) is 0 Å². The summed E-state index contributed by atoms with van der Waals surface area (Å²) in [6, 6.07) is 3.76. The van der Waals surface area contributed by atoms with Crippen LogP contribution in [0.15, 0.2) is 22.9 Å². The molecule has 1 amide bonds. The van der Waals surface area contributed by atoms with E-state index in [1.165, 1.54) is 0 Å². The van der Waals surface area contributed by atoms with Crippen molar-refractivity contribution in [3.05, 3.63) is 35.5 Å². The van der Waals surface area contributed by atoms with Crippen LogP contribution >= 0.6 is 0 Å². The van der Waals surface area contributed by atoms with Gasteiger partial charge in [0.15, 0.2) is 5.69 Å². The van der Waals surface area contributed by atoms with Crippen molar-refractivity contribution in [1.29, 1.82) is 0 Å². The molecule has 0 unspecified atom stereocenters. The minimum absolute atomic E-state index is 0.00951. The predicted molar refractivity (Wildman–Crippen MR) is 80.9 cm³/mol. The van der Waals surface area contributed by atoms with E-state index in [1.807, 2.05) is 15.6 Å². The van der Waals surface area contributed by atoms with Crippen LogP contribution in [0.2, 0.25) is 0 Å². The largest absolute Gasteiger partial charge is 0.383 e. The van der Waals surface area contributed by atoms with E-state index in [0.29, 0.717) is 24.8 Å². The molecule has 0 saturated heterocycles. The second kappa shape index (κ2) is 5.81. The third-order valence-corrected chi connectivity index (χ3v) is 4.60. The standard InChI is InChI=1S/C16H20N4O3/c1-22-10-13-5-7-20-12(4-6-17-20)9-19(13)16(21)14-8-15(23-18-14)11-2-3-11/h4,6,8,11,13H,2-3,5,7,9-10H2,1H3/t13-/m0/s1. The molecule has 0 spiro atoms. The van der Waals surface area contributed by atoms with Gasteiger partial charge in [-0.15, -0.1) is 0 Å². The van der Waals surface area contributed by atoms with Gasteiger partial charge in [-0.1, -0.05) is 5.16 Å². The fourth-order valence-electron chi connectivity index (χ4n) is 3.13. The Bertz CT molecular complexity index is 704. The van der Waals surface area contributed by atoms with Crippen LogP contribution in [0.1, 0.15) is 47.1 Å². The molecule has 0 radical (unpaired) electrons. The molecule has 0 bridgehead atoms. The van der Waals surface area contributed by atoms with Crippen LogP contribution in [-0.4, -0.2) is 45.5 Å². The highest BCUT2D eigenvalue weighted by molar-refractivity contribution is 5.92. The van der Waals surface area contributed by atoms with E-state index in [1.54, 1.807) is 19.4 Å². The molecule has 1 saturated carbocycles. The summed E-state index contributed by atoms with van der Waals surface area (Å²) < 4.78 is 12.6.